The monoisotopic (exact) mass is 348 g/mol. The molecule has 8 heteroatoms. The summed E-state index contributed by atoms with van der Waals surface area (Å²) in [5.41, 5.74) is -0.0359. The van der Waals surface area contributed by atoms with E-state index in [1.54, 1.807) is 0 Å². The fourth-order valence-electron chi connectivity index (χ4n) is 1.99. The molecule has 1 fully saturated rings. The number of rotatable bonds is 2. The molecule has 1 saturated heterocycles. The average molecular weight is 349 g/mol. The minimum absolute atomic E-state index is 0.0359. The third-order valence-corrected chi connectivity index (χ3v) is 3.87. The first-order valence-corrected chi connectivity index (χ1v) is 6.61. The molecule has 0 saturated carbocycles. The van der Waals surface area contributed by atoms with E-state index in [0.717, 1.165) is 6.07 Å². The third-order valence-electron chi connectivity index (χ3n) is 3.06. The number of carboxylic acid groups (broad SMARTS) is 1. The van der Waals surface area contributed by atoms with Gasteiger partial charge in [0.1, 0.15) is 11.6 Å². The zero-order valence-corrected chi connectivity index (χ0v) is 11.8. The lowest BCUT2D eigenvalue weighted by Crippen LogP contribution is -2.34. The predicted molar refractivity (Wildman–Crippen MR) is 70.4 cm³/mol. The lowest BCUT2D eigenvalue weighted by Gasteiger charge is -2.17. The van der Waals surface area contributed by atoms with Gasteiger partial charge in [-0.05, 0) is 28.4 Å². The molecule has 1 heterocycles. The Labute approximate surface area is 121 Å². The number of aliphatic carboxylic acids is 1. The van der Waals surface area contributed by atoms with E-state index >= 15 is 0 Å². The molecule has 2 amide bonds. The number of likely N-dealkylation sites (tertiary alicyclic amines) is 1. The Morgan fingerprint density at radius 1 is 1.40 bits per heavy atom. The number of nitrogens with one attached hydrogen (secondary N) is 1. The van der Waals surface area contributed by atoms with Gasteiger partial charge in [0.25, 0.3) is 0 Å². The topological polar surface area (TPSA) is 69.6 Å². The number of carboxylic acids is 1. The Balaban J connectivity index is 2.08. The highest BCUT2D eigenvalue weighted by Crippen LogP contribution is 2.27. The number of urea groups is 1. The lowest BCUT2D eigenvalue weighted by atomic mass is 10.1. The smallest absolute Gasteiger partial charge is 0.321 e. The summed E-state index contributed by atoms with van der Waals surface area (Å²) in [4.78, 5) is 24.0. The van der Waals surface area contributed by atoms with Crippen LogP contribution < -0.4 is 5.32 Å². The van der Waals surface area contributed by atoms with E-state index in [1.165, 1.54) is 4.90 Å². The van der Waals surface area contributed by atoms with Crippen molar-refractivity contribution >= 4 is 33.6 Å². The SMILES string of the molecule is O=C(O)C1CCN(C(=O)Nc2cc(F)cc(F)c2Br)C1. The van der Waals surface area contributed by atoms with Crippen LogP contribution in [0, 0.1) is 17.6 Å². The zero-order chi connectivity index (χ0) is 14.9. The number of amides is 2. The molecule has 20 heavy (non-hydrogen) atoms. The molecule has 2 N–H and O–H groups in total. The fraction of sp³-hybridized carbons (Fsp3) is 0.333. The largest absolute Gasteiger partial charge is 0.481 e. The number of anilines is 1. The molecule has 2 rings (SSSR count). The van der Waals surface area contributed by atoms with E-state index in [4.69, 9.17) is 5.11 Å². The van der Waals surface area contributed by atoms with Crippen LogP contribution in [0.2, 0.25) is 0 Å². The van der Waals surface area contributed by atoms with E-state index in [9.17, 15) is 18.4 Å². The number of nitrogens with zero attached hydrogens (tertiary/aromatic N) is 1. The molecule has 1 aromatic rings. The van der Waals surface area contributed by atoms with Crippen molar-refractivity contribution in [1.29, 1.82) is 0 Å². The van der Waals surface area contributed by atoms with Gasteiger partial charge in [-0.25, -0.2) is 13.6 Å². The van der Waals surface area contributed by atoms with Crippen LogP contribution in [0.4, 0.5) is 19.3 Å². The normalized spacial score (nSPS) is 18.1. The van der Waals surface area contributed by atoms with Gasteiger partial charge in [0.15, 0.2) is 0 Å². The summed E-state index contributed by atoms with van der Waals surface area (Å²) in [6, 6.07) is 1.09. The van der Waals surface area contributed by atoms with Gasteiger partial charge in [-0.3, -0.25) is 4.79 Å². The van der Waals surface area contributed by atoms with Gasteiger partial charge in [0.2, 0.25) is 0 Å². The molecule has 108 valence electrons. The van der Waals surface area contributed by atoms with Crippen molar-refractivity contribution in [2.45, 2.75) is 6.42 Å². The lowest BCUT2D eigenvalue weighted by molar-refractivity contribution is -0.141. The maximum Gasteiger partial charge on any atom is 0.321 e. The number of carbonyl (C=O) groups excluding carboxylic acids is 1. The van der Waals surface area contributed by atoms with Crippen LogP contribution in [0.1, 0.15) is 6.42 Å². The summed E-state index contributed by atoms with van der Waals surface area (Å²) in [6.45, 7) is 0.370. The van der Waals surface area contributed by atoms with Gasteiger partial charge in [0, 0.05) is 19.2 Å². The Hall–Kier alpha value is -1.70. The zero-order valence-electron chi connectivity index (χ0n) is 10.2. The summed E-state index contributed by atoms with van der Waals surface area (Å²) < 4.78 is 26.4. The van der Waals surface area contributed by atoms with Crippen molar-refractivity contribution in [2.24, 2.45) is 5.92 Å². The number of hydrogen-bond acceptors (Lipinski definition) is 2. The van der Waals surface area contributed by atoms with E-state index < -0.39 is 29.6 Å². The van der Waals surface area contributed by atoms with Crippen LogP contribution in [0.25, 0.3) is 0 Å². The molecule has 0 bridgehead atoms. The molecule has 0 spiro atoms. The van der Waals surface area contributed by atoms with Crippen molar-refractivity contribution in [2.75, 3.05) is 18.4 Å². The van der Waals surface area contributed by atoms with Gasteiger partial charge >= 0.3 is 12.0 Å². The molecule has 1 atom stereocenters. The Morgan fingerprint density at radius 3 is 2.70 bits per heavy atom. The molecule has 1 unspecified atom stereocenters. The Morgan fingerprint density at radius 2 is 2.10 bits per heavy atom. The van der Waals surface area contributed by atoms with Crippen molar-refractivity contribution < 1.29 is 23.5 Å². The minimum Gasteiger partial charge on any atom is -0.481 e. The van der Waals surface area contributed by atoms with Crippen LogP contribution in [0.5, 0.6) is 0 Å². The fourth-order valence-corrected chi connectivity index (χ4v) is 2.32. The number of halogens is 3. The highest BCUT2D eigenvalue weighted by molar-refractivity contribution is 9.10. The van der Waals surface area contributed by atoms with Gasteiger partial charge in [-0.15, -0.1) is 0 Å². The van der Waals surface area contributed by atoms with Crippen LogP contribution in [-0.2, 0) is 4.79 Å². The van der Waals surface area contributed by atoms with Crippen LogP contribution in [0.15, 0.2) is 16.6 Å². The highest BCUT2D eigenvalue weighted by Gasteiger charge is 2.31. The second-order valence-corrected chi connectivity index (χ2v) is 5.24. The van der Waals surface area contributed by atoms with Gasteiger partial charge in [-0.2, -0.15) is 0 Å². The summed E-state index contributed by atoms with van der Waals surface area (Å²) in [6.07, 6.45) is 0.363. The first-order chi connectivity index (χ1) is 9.38. The maximum atomic E-state index is 13.3. The van der Waals surface area contributed by atoms with E-state index in [0.29, 0.717) is 12.5 Å². The second-order valence-electron chi connectivity index (χ2n) is 4.45. The molecular formula is C12H11BrF2N2O3. The molecule has 1 aliphatic heterocycles. The predicted octanol–water partition coefficient (Wildman–Crippen LogP) is 2.67. The van der Waals surface area contributed by atoms with E-state index in [2.05, 4.69) is 21.2 Å². The van der Waals surface area contributed by atoms with Crippen molar-refractivity contribution in [1.82, 2.24) is 4.90 Å². The van der Waals surface area contributed by atoms with E-state index in [1.807, 2.05) is 0 Å². The summed E-state index contributed by atoms with van der Waals surface area (Å²) >= 11 is 2.92. The first-order valence-electron chi connectivity index (χ1n) is 5.81. The maximum absolute atomic E-state index is 13.3. The third kappa shape index (κ3) is 3.06. The molecule has 1 aliphatic rings. The van der Waals surface area contributed by atoms with Crippen molar-refractivity contribution in [3.63, 3.8) is 0 Å². The van der Waals surface area contributed by atoms with Gasteiger partial charge < -0.3 is 15.3 Å². The van der Waals surface area contributed by atoms with Crippen LogP contribution >= 0.6 is 15.9 Å². The number of carbonyl (C=O) groups is 2. The van der Waals surface area contributed by atoms with E-state index in [-0.39, 0.29) is 23.2 Å². The molecule has 0 radical (unpaired) electrons. The quantitative estimate of drug-likeness (QED) is 0.807. The van der Waals surface area contributed by atoms with Crippen molar-refractivity contribution in [3.8, 4) is 0 Å². The molecule has 0 aliphatic carbocycles. The van der Waals surface area contributed by atoms with Gasteiger partial charge in [-0.1, -0.05) is 0 Å². The standard InChI is InChI=1S/C12H11BrF2N2O3/c13-10-8(15)3-7(14)4-9(10)16-12(20)17-2-1-6(5-17)11(18)19/h3-4,6H,1-2,5H2,(H,16,20)(H,18,19). The molecule has 5 nitrogen and oxygen atoms in total. The Kier molecular flexibility index (Phi) is 4.22. The average Bonchev–Trinajstić information content (AvgIpc) is 2.85. The Bertz CT molecular complexity index is 568. The number of hydrogen-bond donors (Lipinski definition) is 2. The van der Waals surface area contributed by atoms with Gasteiger partial charge in [0.05, 0.1) is 16.1 Å². The minimum atomic E-state index is -0.960. The first kappa shape index (κ1) is 14.7. The molecule has 0 aromatic heterocycles. The van der Waals surface area contributed by atoms with Crippen LogP contribution in [0.3, 0.4) is 0 Å². The van der Waals surface area contributed by atoms with Crippen LogP contribution in [-0.4, -0.2) is 35.1 Å². The molecular weight excluding hydrogens is 338 g/mol. The summed E-state index contributed by atoms with van der Waals surface area (Å²) in [7, 11) is 0. The molecule has 1 aromatic carbocycles. The van der Waals surface area contributed by atoms with Crippen molar-refractivity contribution in [3.05, 3.63) is 28.2 Å². The second kappa shape index (κ2) is 5.74. The highest BCUT2D eigenvalue weighted by atomic mass is 79.9. The summed E-state index contributed by atoms with van der Waals surface area (Å²) in [5, 5.41) is 11.2. The number of benzene rings is 1. The summed E-state index contributed by atoms with van der Waals surface area (Å²) in [5.74, 6) is -3.21.